The van der Waals surface area contributed by atoms with E-state index in [2.05, 4.69) is 20.6 Å². The molecule has 106 valence electrons. The third-order valence-electron chi connectivity index (χ3n) is 2.80. The number of halogens is 1. The van der Waals surface area contributed by atoms with Gasteiger partial charge in [-0.15, -0.1) is 11.3 Å². The molecule has 1 atom stereocenters. The number of anilines is 1. The van der Waals surface area contributed by atoms with Crippen LogP contribution in [-0.2, 0) is 0 Å². The lowest BCUT2D eigenvalue weighted by molar-refractivity contribution is 0.0951. The van der Waals surface area contributed by atoms with E-state index in [1.54, 1.807) is 30.6 Å². The maximum absolute atomic E-state index is 12.1. The number of rotatable bonds is 5. The van der Waals surface area contributed by atoms with Crippen molar-refractivity contribution in [1.82, 2.24) is 15.3 Å². The molecule has 0 saturated heterocycles. The first-order chi connectivity index (χ1) is 9.61. The summed E-state index contributed by atoms with van der Waals surface area (Å²) in [4.78, 5) is 20.4. The second-order valence-corrected chi connectivity index (χ2v) is 5.61. The van der Waals surface area contributed by atoms with Gasteiger partial charge in [0.15, 0.2) is 0 Å². The summed E-state index contributed by atoms with van der Waals surface area (Å²) in [6, 6.07) is 1.63. The Bertz CT molecular complexity index is 588. The van der Waals surface area contributed by atoms with Crippen molar-refractivity contribution < 1.29 is 4.79 Å². The summed E-state index contributed by atoms with van der Waals surface area (Å²) in [6.45, 7) is 2.53. The Morgan fingerprint density at radius 1 is 1.50 bits per heavy atom. The van der Waals surface area contributed by atoms with Gasteiger partial charge in [0.05, 0.1) is 15.6 Å². The van der Waals surface area contributed by atoms with Gasteiger partial charge in [-0.2, -0.15) is 0 Å². The molecule has 2 aromatic rings. The van der Waals surface area contributed by atoms with E-state index in [4.69, 9.17) is 11.6 Å². The third-order valence-corrected chi connectivity index (χ3v) is 4.11. The molecule has 1 amide bonds. The highest BCUT2D eigenvalue weighted by molar-refractivity contribution is 7.09. The van der Waals surface area contributed by atoms with Gasteiger partial charge in [-0.25, -0.2) is 9.97 Å². The van der Waals surface area contributed by atoms with Gasteiger partial charge >= 0.3 is 0 Å². The van der Waals surface area contributed by atoms with Crippen molar-refractivity contribution >= 4 is 34.7 Å². The van der Waals surface area contributed by atoms with Crippen molar-refractivity contribution in [3.8, 4) is 0 Å². The second-order valence-electron chi connectivity index (χ2n) is 4.28. The average Bonchev–Trinajstić information content (AvgIpc) is 2.99. The number of carbonyl (C=O) groups is 1. The van der Waals surface area contributed by atoms with Crippen LogP contribution in [-0.4, -0.2) is 29.5 Å². The van der Waals surface area contributed by atoms with E-state index >= 15 is 0 Å². The van der Waals surface area contributed by atoms with Crippen LogP contribution >= 0.6 is 22.9 Å². The van der Waals surface area contributed by atoms with Gasteiger partial charge in [-0.1, -0.05) is 18.5 Å². The van der Waals surface area contributed by atoms with E-state index in [1.807, 2.05) is 12.3 Å². The molecule has 0 saturated carbocycles. The highest BCUT2D eigenvalue weighted by atomic mass is 35.5. The van der Waals surface area contributed by atoms with Crippen molar-refractivity contribution in [2.24, 2.45) is 0 Å². The Labute approximate surface area is 126 Å². The van der Waals surface area contributed by atoms with Gasteiger partial charge in [-0.3, -0.25) is 4.79 Å². The van der Waals surface area contributed by atoms with Gasteiger partial charge in [0.2, 0.25) is 0 Å². The molecule has 2 aromatic heterocycles. The Balaban J connectivity index is 2.01. The Hall–Kier alpha value is -1.66. The predicted octanol–water partition coefficient (Wildman–Crippen LogP) is 2.77. The number of nitrogens with one attached hydrogen (secondary N) is 2. The molecule has 7 heteroatoms. The smallest absolute Gasteiger partial charge is 0.253 e. The zero-order valence-corrected chi connectivity index (χ0v) is 12.8. The Morgan fingerprint density at radius 2 is 2.30 bits per heavy atom. The zero-order chi connectivity index (χ0) is 14.5. The number of nitrogens with zero attached hydrogens (tertiary/aromatic N) is 2. The number of thiazole rings is 1. The Kier molecular flexibility index (Phi) is 4.92. The first-order valence-electron chi connectivity index (χ1n) is 6.12. The molecular weight excluding hydrogens is 296 g/mol. The summed E-state index contributed by atoms with van der Waals surface area (Å²) in [5, 5.41) is 9.01. The largest absolute Gasteiger partial charge is 0.373 e. The molecule has 0 aliphatic carbocycles. The van der Waals surface area contributed by atoms with E-state index in [9.17, 15) is 4.79 Å². The first kappa shape index (κ1) is 14.7. The van der Waals surface area contributed by atoms with Crippen molar-refractivity contribution in [2.75, 3.05) is 18.9 Å². The zero-order valence-electron chi connectivity index (χ0n) is 11.2. The second kappa shape index (κ2) is 6.67. The molecule has 0 radical (unpaired) electrons. The fraction of sp³-hybridized carbons (Fsp3) is 0.308. The van der Waals surface area contributed by atoms with Crippen LogP contribution in [0.1, 0.15) is 28.2 Å². The van der Waals surface area contributed by atoms with E-state index < -0.39 is 0 Å². The average molecular weight is 311 g/mol. The van der Waals surface area contributed by atoms with E-state index in [0.29, 0.717) is 22.9 Å². The predicted molar refractivity (Wildman–Crippen MR) is 81.7 cm³/mol. The third kappa shape index (κ3) is 3.46. The molecule has 20 heavy (non-hydrogen) atoms. The Morgan fingerprint density at radius 3 is 2.95 bits per heavy atom. The van der Waals surface area contributed by atoms with Crippen LogP contribution in [0.15, 0.2) is 23.8 Å². The van der Waals surface area contributed by atoms with E-state index in [-0.39, 0.29) is 11.8 Å². The van der Waals surface area contributed by atoms with E-state index in [0.717, 1.165) is 5.01 Å². The van der Waals surface area contributed by atoms with Crippen molar-refractivity contribution in [1.29, 1.82) is 0 Å². The molecule has 0 spiro atoms. The summed E-state index contributed by atoms with van der Waals surface area (Å²) >= 11 is 7.58. The van der Waals surface area contributed by atoms with Crippen molar-refractivity contribution in [2.45, 2.75) is 12.8 Å². The van der Waals surface area contributed by atoms with Crippen molar-refractivity contribution in [3.63, 3.8) is 0 Å². The number of aromatic nitrogens is 2. The number of carbonyl (C=O) groups excluding carboxylic acids is 1. The number of hydrogen-bond acceptors (Lipinski definition) is 5. The van der Waals surface area contributed by atoms with Crippen LogP contribution in [0.4, 0.5) is 5.82 Å². The summed E-state index contributed by atoms with van der Waals surface area (Å²) < 4.78 is 0. The normalized spacial score (nSPS) is 11.9. The van der Waals surface area contributed by atoms with Crippen LogP contribution < -0.4 is 10.6 Å². The van der Waals surface area contributed by atoms with Gasteiger partial charge < -0.3 is 10.6 Å². The number of hydrogen-bond donors (Lipinski definition) is 2. The van der Waals surface area contributed by atoms with E-state index in [1.165, 1.54) is 6.20 Å². The molecule has 0 aromatic carbocycles. The fourth-order valence-corrected chi connectivity index (χ4v) is 2.54. The van der Waals surface area contributed by atoms with Crippen LogP contribution in [0.5, 0.6) is 0 Å². The molecule has 5 nitrogen and oxygen atoms in total. The molecule has 0 fully saturated rings. The molecule has 1 unspecified atom stereocenters. The maximum Gasteiger partial charge on any atom is 0.253 e. The van der Waals surface area contributed by atoms with Crippen LogP contribution in [0.25, 0.3) is 0 Å². The first-order valence-corrected chi connectivity index (χ1v) is 7.38. The molecule has 2 N–H and O–H groups in total. The van der Waals surface area contributed by atoms with Crippen molar-refractivity contribution in [3.05, 3.63) is 39.4 Å². The quantitative estimate of drug-likeness (QED) is 0.891. The molecule has 0 aliphatic rings. The van der Waals surface area contributed by atoms with Crippen LogP contribution in [0.3, 0.4) is 0 Å². The highest BCUT2D eigenvalue weighted by Crippen LogP contribution is 2.19. The number of amides is 1. The molecule has 2 rings (SSSR count). The summed E-state index contributed by atoms with van der Waals surface area (Å²) in [7, 11) is 1.74. The molecule has 0 aliphatic heterocycles. The van der Waals surface area contributed by atoms with Gasteiger partial charge in [0.1, 0.15) is 5.82 Å². The summed E-state index contributed by atoms with van der Waals surface area (Å²) in [5.41, 5.74) is 0.414. The van der Waals surface area contributed by atoms with Crippen LogP contribution in [0.2, 0.25) is 5.02 Å². The molecular formula is C13H15ClN4OS. The monoisotopic (exact) mass is 310 g/mol. The minimum Gasteiger partial charge on any atom is -0.373 e. The van der Waals surface area contributed by atoms with Crippen LogP contribution in [0, 0.1) is 0 Å². The molecule has 0 bridgehead atoms. The van der Waals surface area contributed by atoms with Gasteiger partial charge in [0, 0.05) is 37.3 Å². The SMILES string of the molecule is CNc1cc(C(=O)NCC(C)c2nccs2)c(Cl)cn1. The summed E-state index contributed by atoms with van der Waals surface area (Å²) in [5.74, 6) is 0.563. The lowest BCUT2D eigenvalue weighted by Gasteiger charge is -2.11. The maximum atomic E-state index is 12.1. The molecule has 2 heterocycles. The topological polar surface area (TPSA) is 66.9 Å². The number of pyridine rings is 1. The van der Waals surface area contributed by atoms with Gasteiger partial charge in [0.25, 0.3) is 5.91 Å². The van der Waals surface area contributed by atoms with Gasteiger partial charge in [-0.05, 0) is 6.07 Å². The minimum absolute atomic E-state index is 0.170. The minimum atomic E-state index is -0.211. The highest BCUT2D eigenvalue weighted by Gasteiger charge is 2.14. The standard InChI is InChI=1S/C13H15ClN4OS/c1-8(13-16-3-4-20-13)6-18-12(19)9-5-11(15-2)17-7-10(9)14/h3-5,7-8H,6H2,1-2H3,(H,15,17)(H,18,19). The summed E-state index contributed by atoms with van der Waals surface area (Å²) in [6.07, 6.45) is 3.23. The lowest BCUT2D eigenvalue weighted by Crippen LogP contribution is -2.27. The fourth-order valence-electron chi connectivity index (χ4n) is 1.66. The lowest BCUT2D eigenvalue weighted by atomic mass is 10.2.